The Kier molecular flexibility index (Phi) is 3.17. The lowest BCUT2D eigenvalue weighted by Crippen LogP contribution is -2.01. The second kappa shape index (κ2) is 4.17. The molecule has 0 aliphatic heterocycles. The van der Waals surface area contributed by atoms with Gasteiger partial charge in [0.1, 0.15) is 0 Å². The molecule has 0 aliphatic rings. The fourth-order valence-electron chi connectivity index (χ4n) is 1.22. The highest BCUT2D eigenvalue weighted by Crippen LogP contribution is 2.16. The van der Waals surface area contributed by atoms with Gasteiger partial charge in [0.25, 0.3) is 0 Å². The Bertz CT molecular complexity index is 361. The van der Waals surface area contributed by atoms with Crippen LogP contribution in [0.25, 0.3) is 0 Å². The van der Waals surface area contributed by atoms with Gasteiger partial charge in [-0.1, -0.05) is 6.07 Å². The SMILES string of the molecule is Cc1cc(F)c(F)c(CCC(=O)O)c1. The van der Waals surface area contributed by atoms with Crippen LogP contribution in [0.5, 0.6) is 0 Å². The number of hydrogen-bond acceptors (Lipinski definition) is 1. The molecular formula is C10H10F2O2. The van der Waals surface area contributed by atoms with E-state index in [1.165, 1.54) is 6.07 Å². The Labute approximate surface area is 80.2 Å². The van der Waals surface area contributed by atoms with Crippen LogP contribution in [0.4, 0.5) is 8.78 Å². The number of halogens is 2. The molecule has 0 spiro atoms. The summed E-state index contributed by atoms with van der Waals surface area (Å²) in [6.07, 6.45) is -0.181. The highest BCUT2D eigenvalue weighted by molar-refractivity contribution is 5.67. The predicted octanol–water partition coefficient (Wildman–Crippen LogP) is 2.29. The number of hydrogen-bond donors (Lipinski definition) is 1. The van der Waals surface area contributed by atoms with Gasteiger partial charge < -0.3 is 5.11 Å². The van der Waals surface area contributed by atoms with E-state index in [4.69, 9.17) is 5.11 Å². The third kappa shape index (κ3) is 2.52. The molecule has 0 aliphatic carbocycles. The van der Waals surface area contributed by atoms with Crippen molar-refractivity contribution in [3.63, 3.8) is 0 Å². The van der Waals surface area contributed by atoms with E-state index in [-0.39, 0.29) is 18.4 Å². The summed E-state index contributed by atoms with van der Waals surface area (Å²) in [5.74, 6) is -2.89. The first-order valence-corrected chi connectivity index (χ1v) is 4.17. The van der Waals surface area contributed by atoms with Crippen LogP contribution in [-0.4, -0.2) is 11.1 Å². The molecule has 0 amide bonds. The molecule has 4 heteroatoms. The lowest BCUT2D eigenvalue weighted by atomic mass is 10.1. The van der Waals surface area contributed by atoms with Gasteiger partial charge >= 0.3 is 5.97 Å². The van der Waals surface area contributed by atoms with E-state index in [9.17, 15) is 13.6 Å². The van der Waals surface area contributed by atoms with E-state index < -0.39 is 17.6 Å². The topological polar surface area (TPSA) is 37.3 Å². The highest BCUT2D eigenvalue weighted by Gasteiger charge is 2.10. The average molecular weight is 200 g/mol. The Morgan fingerprint density at radius 1 is 1.43 bits per heavy atom. The molecule has 0 aromatic heterocycles. The predicted molar refractivity (Wildman–Crippen MR) is 47.1 cm³/mol. The third-order valence-corrected chi connectivity index (χ3v) is 1.86. The smallest absolute Gasteiger partial charge is 0.303 e. The Morgan fingerprint density at radius 2 is 2.07 bits per heavy atom. The van der Waals surface area contributed by atoms with Gasteiger partial charge in [-0.2, -0.15) is 0 Å². The number of carbonyl (C=O) groups is 1. The number of aliphatic carboxylic acids is 1. The normalized spacial score (nSPS) is 10.2. The molecular weight excluding hydrogens is 190 g/mol. The lowest BCUT2D eigenvalue weighted by molar-refractivity contribution is -0.136. The molecule has 0 radical (unpaired) electrons. The fourth-order valence-corrected chi connectivity index (χ4v) is 1.22. The van der Waals surface area contributed by atoms with Crippen LogP contribution in [-0.2, 0) is 11.2 Å². The zero-order chi connectivity index (χ0) is 10.7. The molecule has 76 valence electrons. The molecule has 1 rings (SSSR count). The van der Waals surface area contributed by atoms with Crippen molar-refractivity contribution in [2.24, 2.45) is 0 Å². The zero-order valence-electron chi connectivity index (χ0n) is 7.68. The van der Waals surface area contributed by atoms with Gasteiger partial charge in [-0.25, -0.2) is 8.78 Å². The number of carboxylic acids is 1. The fraction of sp³-hybridized carbons (Fsp3) is 0.300. The van der Waals surface area contributed by atoms with Gasteiger partial charge in [0, 0.05) is 6.42 Å². The minimum atomic E-state index is -1.02. The molecule has 0 fully saturated rings. The zero-order valence-corrected chi connectivity index (χ0v) is 7.68. The van der Waals surface area contributed by atoms with Crippen LogP contribution < -0.4 is 0 Å². The Balaban J connectivity index is 2.90. The summed E-state index contributed by atoms with van der Waals surface area (Å²) >= 11 is 0. The second-order valence-corrected chi connectivity index (χ2v) is 3.11. The molecule has 0 saturated heterocycles. The van der Waals surface area contributed by atoms with Gasteiger partial charge in [-0.05, 0) is 30.5 Å². The van der Waals surface area contributed by atoms with Crippen molar-refractivity contribution >= 4 is 5.97 Å². The molecule has 0 saturated carbocycles. The van der Waals surface area contributed by atoms with E-state index in [1.54, 1.807) is 6.92 Å². The maximum absolute atomic E-state index is 13.1. The molecule has 1 N–H and O–H groups in total. The van der Waals surface area contributed by atoms with Gasteiger partial charge in [-0.3, -0.25) is 4.79 Å². The molecule has 2 nitrogen and oxygen atoms in total. The number of aryl methyl sites for hydroxylation is 2. The van der Waals surface area contributed by atoms with Gasteiger partial charge in [-0.15, -0.1) is 0 Å². The summed E-state index contributed by atoms with van der Waals surface area (Å²) < 4.78 is 25.9. The van der Waals surface area contributed by atoms with Crippen molar-refractivity contribution in [1.29, 1.82) is 0 Å². The van der Waals surface area contributed by atoms with Crippen molar-refractivity contribution in [2.45, 2.75) is 19.8 Å². The van der Waals surface area contributed by atoms with Crippen LogP contribution in [0.2, 0.25) is 0 Å². The van der Waals surface area contributed by atoms with Gasteiger partial charge in [0.05, 0.1) is 0 Å². The van der Waals surface area contributed by atoms with E-state index in [2.05, 4.69) is 0 Å². The summed E-state index contributed by atoms with van der Waals surface area (Å²) in [4.78, 5) is 10.2. The molecule has 0 unspecified atom stereocenters. The second-order valence-electron chi connectivity index (χ2n) is 3.11. The quantitative estimate of drug-likeness (QED) is 0.812. The van der Waals surface area contributed by atoms with Crippen molar-refractivity contribution in [3.05, 3.63) is 34.9 Å². The summed E-state index contributed by atoms with van der Waals surface area (Å²) in [7, 11) is 0. The van der Waals surface area contributed by atoms with E-state index in [0.717, 1.165) is 6.07 Å². The number of benzene rings is 1. The molecule has 14 heavy (non-hydrogen) atoms. The maximum atomic E-state index is 13.1. The van der Waals surface area contributed by atoms with Crippen molar-refractivity contribution in [1.82, 2.24) is 0 Å². The number of rotatable bonds is 3. The Morgan fingerprint density at radius 3 is 2.64 bits per heavy atom. The number of carboxylic acid groups (broad SMARTS) is 1. The standard InChI is InChI=1S/C10H10F2O2/c1-6-4-7(2-3-9(13)14)10(12)8(11)5-6/h4-5H,2-3H2,1H3,(H,13,14). The highest BCUT2D eigenvalue weighted by atomic mass is 19.2. The van der Waals surface area contributed by atoms with Gasteiger partial charge in [0.2, 0.25) is 0 Å². The van der Waals surface area contributed by atoms with Crippen LogP contribution in [0.15, 0.2) is 12.1 Å². The Hall–Kier alpha value is -1.45. The van der Waals surface area contributed by atoms with Gasteiger partial charge in [0.15, 0.2) is 11.6 Å². The average Bonchev–Trinajstić information content (AvgIpc) is 2.08. The summed E-state index contributed by atoms with van der Waals surface area (Å²) in [5.41, 5.74) is 0.703. The summed E-state index contributed by atoms with van der Waals surface area (Å²) in [6.45, 7) is 1.63. The van der Waals surface area contributed by atoms with Crippen molar-refractivity contribution in [3.8, 4) is 0 Å². The van der Waals surface area contributed by atoms with E-state index in [0.29, 0.717) is 5.56 Å². The van der Waals surface area contributed by atoms with Crippen molar-refractivity contribution < 1.29 is 18.7 Å². The first-order valence-electron chi connectivity index (χ1n) is 4.17. The molecule has 1 aromatic rings. The van der Waals surface area contributed by atoms with Crippen molar-refractivity contribution in [2.75, 3.05) is 0 Å². The van der Waals surface area contributed by atoms with Crippen LogP contribution in [0, 0.1) is 18.6 Å². The summed E-state index contributed by atoms with van der Waals surface area (Å²) in [5, 5.41) is 8.39. The molecule has 0 bridgehead atoms. The van der Waals surface area contributed by atoms with Crippen LogP contribution >= 0.6 is 0 Å². The van der Waals surface area contributed by atoms with Crippen LogP contribution in [0.3, 0.4) is 0 Å². The first-order chi connectivity index (χ1) is 6.50. The summed E-state index contributed by atoms with van der Waals surface area (Å²) in [6, 6.07) is 2.54. The molecule has 0 atom stereocenters. The van der Waals surface area contributed by atoms with Crippen LogP contribution in [0.1, 0.15) is 17.5 Å². The van der Waals surface area contributed by atoms with E-state index >= 15 is 0 Å². The molecule has 1 aromatic carbocycles. The largest absolute Gasteiger partial charge is 0.481 e. The van der Waals surface area contributed by atoms with E-state index in [1.807, 2.05) is 0 Å². The minimum absolute atomic E-state index is 0.0137. The third-order valence-electron chi connectivity index (χ3n) is 1.86. The minimum Gasteiger partial charge on any atom is -0.481 e. The maximum Gasteiger partial charge on any atom is 0.303 e. The molecule has 0 heterocycles. The monoisotopic (exact) mass is 200 g/mol. The first kappa shape index (κ1) is 10.6. The lowest BCUT2D eigenvalue weighted by Gasteiger charge is -2.03.